The van der Waals surface area contributed by atoms with Gasteiger partial charge >= 0.3 is 0 Å². The van der Waals surface area contributed by atoms with Crippen LogP contribution in [0.1, 0.15) is 26.2 Å². The molecule has 4 N–H and O–H groups in total. The molecular formula is C9H18N2O2. The highest BCUT2D eigenvalue weighted by Gasteiger charge is 2.29. The summed E-state index contributed by atoms with van der Waals surface area (Å²) >= 11 is 0. The van der Waals surface area contributed by atoms with Crippen molar-refractivity contribution in [1.82, 2.24) is 5.32 Å². The zero-order chi connectivity index (χ0) is 9.84. The molecular weight excluding hydrogens is 168 g/mol. The molecule has 2 unspecified atom stereocenters. The number of hydrogen-bond acceptors (Lipinski definition) is 3. The van der Waals surface area contributed by atoms with Crippen molar-refractivity contribution in [3.63, 3.8) is 0 Å². The summed E-state index contributed by atoms with van der Waals surface area (Å²) in [5.74, 6) is -0.0512. The summed E-state index contributed by atoms with van der Waals surface area (Å²) in [5, 5.41) is 11.6. The first kappa shape index (κ1) is 10.5. The molecule has 76 valence electrons. The lowest BCUT2D eigenvalue weighted by Gasteiger charge is -2.15. The fourth-order valence-corrected chi connectivity index (χ4v) is 1.69. The molecule has 0 aliphatic heterocycles. The number of aliphatic hydroxyl groups is 1. The minimum Gasteiger partial charge on any atom is -0.392 e. The predicted octanol–water partition coefficient (Wildman–Crippen LogP) is -0.389. The highest BCUT2D eigenvalue weighted by atomic mass is 16.3. The van der Waals surface area contributed by atoms with E-state index < -0.39 is 6.10 Å². The van der Waals surface area contributed by atoms with Crippen LogP contribution < -0.4 is 11.1 Å². The van der Waals surface area contributed by atoms with Crippen molar-refractivity contribution in [3.8, 4) is 0 Å². The Kier molecular flexibility index (Phi) is 3.69. The van der Waals surface area contributed by atoms with Crippen molar-refractivity contribution in [2.45, 2.75) is 38.3 Å². The SMILES string of the molecule is C[C@H](O)CNC(=O)C1CCCC1N. The average Bonchev–Trinajstić information content (AvgIpc) is 2.47. The number of nitrogens with two attached hydrogens (primary N) is 1. The topological polar surface area (TPSA) is 75.3 Å². The Morgan fingerprint density at radius 1 is 1.69 bits per heavy atom. The van der Waals surface area contributed by atoms with Crippen molar-refractivity contribution in [2.24, 2.45) is 11.7 Å². The van der Waals surface area contributed by atoms with E-state index in [1.807, 2.05) is 0 Å². The lowest BCUT2D eigenvalue weighted by molar-refractivity contribution is -0.125. The molecule has 0 radical (unpaired) electrons. The van der Waals surface area contributed by atoms with Gasteiger partial charge in [-0.2, -0.15) is 0 Å². The third kappa shape index (κ3) is 2.97. The molecule has 0 spiro atoms. The van der Waals surface area contributed by atoms with Gasteiger partial charge in [-0.1, -0.05) is 6.42 Å². The van der Waals surface area contributed by atoms with E-state index in [2.05, 4.69) is 5.32 Å². The smallest absolute Gasteiger partial charge is 0.224 e. The second-order valence-electron chi connectivity index (χ2n) is 3.80. The van der Waals surface area contributed by atoms with Gasteiger partial charge in [-0.15, -0.1) is 0 Å². The standard InChI is InChI=1S/C9H18N2O2/c1-6(12)5-11-9(13)7-3-2-4-8(7)10/h6-8,12H,2-5,10H2,1H3,(H,11,13)/t6-,7?,8?/m0/s1. The lowest BCUT2D eigenvalue weighted by atomic mass is 10.0. The number of carbonyl (C=O) groups excluding carboxylic acids is 1. The van der Waals surface area contributed by atoms with Crippen LogP contribution in [0.5, 0.6) is 0 Å². The Morgan fingerprint density at radius 3 is 2.85 bits per heavy atom. The summed E-state index contributed by atoms with van der Waals surface area (Å²) < 4.78 is 0. The maximum atomic E-state index is 11.5. The first-order valence-corrected chi connectivity index (χ1v) is 4.82. The molecule has 0 aromatic carbocycles. The van der Waals surface area contributed by atoms with E-state index in [1.165, 1.54) is 0 Å². The molecule has 3 atom stereocenters. The van der Waals surface area contributed by atoms with Crippen molar-refractivity contribution >= 4 is 5.91 Å². The molecule has 0 bridgehead atoms. The zero-order valence-corrected chi connectivity index (χ0v) is 7.99. The van der Waals surface area contributed by atoms with Gasteiger partial charge in [0.2, 0.25) is 5.91 Å². The van der Waals surface area contributed by atoms with Gasteiger partial charge in [0.15, 0.2) is 0 Å². The summed E-state index contributed by atoms with van der Waals surface area (Å²) in [6, 6.07) is 0.00833. The fourth-order valence-electron chi connectivity index (χ4n) is 1.69. The van der Waals surface area contributed by atoms with Gasteiger partial charge in [0, 0.05) is 12.6 Å². The molecule has 13 heavy (non-hydrogen) atoms. The number of hydrogen-bond donors (Lipinski definition) is 3. The van der Waals surface area contributed by atoms with E-state index in [9.17, 15) is 4.79 Å². The van der Waals surface area contributed by atoms with Crippen LogP contribution >= 0.6 is 0 Å². The first-order valence-electron chi connectivity index (χ1n) is 4.82. The van der Waals surface area contributed by atoms with Crippen LogP contribution in [0.15, 0.2) is 0 Å². The van der Waals surface area contributed by atoms with E-state index in [1.54, 1.807) is 6.92 Å². The maximum Gasteiger partial charge on any atom is 0.224 e. The van der Waals surface area contributed by atoms with Gasteiger partial charge in [0.1, 0.15) is 0 Å². The van der Waals surface area contributed by atoms with Gasteiger partial charge in [-0.3, -0.25) is 4.79 Å². The summed E-state index contributed by atoms with van der Waals surface area (Å²) in [4.78, 5) is 11.5. The van der Waals surface area contributed by atoms with Gasteiger partial charge in [-0.25, -0.2) is 0 Å². The van der Waals surface area contributed by atoms with E-state index in [0.717, 1.165) is 19.3 Å². The summed E-state index contributed by atoms with van der Waals surface area (Å²) in [5.41, 5.74) is 5.76. The molecule has 4 heteroatoms. The van der Waals surface area contributed by atoms with E-state index in [-0.39, 0.29) is 17.9 Å². The maximum absolute atomic E-state index is 11.5. The highest BCUT2D eigenvalue weighted by molar-refractivity contribution is 5.79. The van der Waals surface area contributed by atoms with Crippen LogP contribution in [-0.4, -0.2) is 29.7 Å². The second-order valence-corrected chi connectivity index (χ2v) is 3.80. The monoisotopic (exact) mass is 186 g/mol. The predicted molar refractivity (Wildman–Crippen MR) is 50.0 cm³/mol. The molecule has 1 saturated carbocycles. The molecule has 1 fully saturated rings. The summed E-state index contributed by atoms with van der Waals surface area (Å²) in [7, 11) is 0. The van der Waals surface area contributed by atoms with E-state index in [0.29, 0.717) is 6.54 Å². The van der Waals surface area contributed by atoms with Crippen molar-refractivity contribution in [1.29, 1.82) is 0 Å². The van der Waals surface area contributed by atoms with Crippen molar-refractivity contribution < 1.29 is 9.90 Å². The molecule has 1 aliphatic rings. The van der Waals surface area contributed by atoms with Crippen LogP contribution in [-0.2, 0) is 4.79 Å². The Balaban J connectivity index is 2.30. The molecule has 4 nitrogen and oxygen atoms in total. The molecule has 1 amide bonds. The highest BCUT2D eigenvalue weighted by Crippen LogP contribution is 2.23. The molecule has 0 aromatic heterocycles. The lowest BCUT2D eigenvalue weighted by Crippen LogP contribution is -2.40. The number of aliphatic hydroxyl groups excluding tert-OH is 1. The third-order valence-electron chi connectivity index (χ3n) is 2.48. The van der Waals surface area contributed by atoms with Gasteiger partial charge < -0.3 is 16.2 Å². The minimum atomic E-state index is -0.485. The Morgan fingerprint density at radius 2 is 2.38 bits per heavy atom. The number of amides is 1. The minimum absolute atomic E-state index is 0.00833. The fraction of sp³-hybridized carbons (Fsp3) is 0.889. The quantitative estimate of drug-likeness (QED) is 0.562. The zero-order valence-electron chi connectivity index (χ0n) is 7.99. The Bertz CT molecular complexity index is 182. The second kappa shape index (κ2) is 4.58. The third-order valence-corrected chi connectivity index (χ3v) is 2.48. The van der Waals surface area contributed by atoms with Crippen LogP contribution in [0.25, 0.3) is 0 Å². The number of rotatable bonds is 3. The number of carbonyl (C=O) groups is 1. The summed E-state index contributed by atoms with van der Waals surface area (Å²) in [6.45, 7) is 1.97. The summed E-state index contributed by atoms with van der Waals surface area (Å²) in [6.07, 6.45) is 2.37. The van der Waals surface area contributed by atoms with Crippen molar-refractivity contribution in [3.05, 3.63) is 0 Å². The van der Waals surface area contributed by atoms with Gasteiger partial charge in [0.25, 0.3) is 0 Å². The van der Waals surface area contributed by atoms with Crippen LogP contribution in [0.3, 0.4) is 0 Å². The van der Waals surface area contributed by atoms with Crippen molar-refractivity contribution in [2.75, 3.05) is 6.54 Å². The van der Waals surface area contributed by atoms with Crippen LogP contribution in [0.4, 0.5) is 0 Å². The van der Waals surface area contributed by atoms with Crippen LogP contribution in [0, 0.1) is 5.92 Å². The molecule has 1 aliphatic carbocycles. The van der Waals surface area contributed by atoms with Gasteiger partial charge in [-0.05, 0) is 19.8 Å². The van der Waals surface area contributed by atoms with Crippen LogP contribution in [0.2, 0.25) is 0 Å². The van der Waals surface area contributed by atoms with E-state index >= 15 is 0 Å². The van der Waals surface area contributed by atoms with Gasteiger partial charge in [0.05, 0.1) is 12.0 Å². The van der Waals surface area contributed by atoms with E-state index in [4.69, 9.17) is 10.8 Å². The Hall–Kier alpha value is -0.610. The molecule has 0 aromatic rings. The first-order chi connectivity index (χ1) is 6.11. The average molecular weight is 186 g/mol. The molecule has 1 rings (SSSR count). The number of nitrogens with one attached hydrogen (secondary N) is 1. The molecule has 0 heterocycles. The molecule has 0 saturated heterocycles. The Labute approximate surface area is 78.5 Å². The largest absolute Gasteiger partial charge is 0.392 e. The normalized spacial score (nSPS) is 30.1.